The molecule has 0 aromatic heterocycles. The van der Waals surface area contributed by atoms with E-state index in [4.69, 9.17) is 5.11 Å². The van der Waals surface area contributed by atoms with Crippen LogP contribution >= 0.6 is 0 Å². The van der Waals surface area contributed by atoms with Crippen LogP contribution < -0.4 is 4.90 Å². The van der Waals surface area contributed by atoms with E-state index < -0.39 is 12.7 Å². The topological polar surface area (TPSA) is 23.5 Å². The third-order valence-electron chi connectivity index (χ3n) is 2.08. The van der Waals surface area contributed by atoms with Gasteiger partial charge >= 0.3 is 6.18 Å². The number of nitrogens with zero attached hydrogens (tertiary/aromatic N) is 1. The van der Waals surface area contributed by atoms with Gasteiger partial charge in [0.1, 0.15) is 6.54 Å². The third-order valence-corrected chi connectivity index (χ3v) is 2.08. The van der Waals surface area contributed by atoms with Crippen molar-refractivity contribution in [1.82, 2.24) is 0 Å². The van der Waals surface area contributed by atoms with Gasteiger partial charge in [-0.1, -0.05) is 18.2 Å². The highest BCUT2D eigenvalue weighted by molar-refractivity contribution is 5.46. The van der Waals surface area contributed by atoms with Gasteiger partial charge in [-0.25, -0.2) is 0 Å². The molecule has 16 heavy (non-hydrogen) atoms. The van der Waals surface area contributed by atoms with Crippen molar-refractivity contribution >= 4 is 5.69 Å². The van der Waals surface area contributed by atoms with Gasteiger partial charge in [-0.3, -0.25) is 0 Å². The SMILES string of the molecule is OCCCN(CC(F)(F)F)c1ccccc1. The van der Waals surface area contributed by atoms with Crippen molar-refractivity contribution < 1.29 is 18.3 Å². The van der Waals surface area contributed by atoms with Crippen LogP contribution in [0.4, 0.5) is 18.9 Å². The molecule has 0 amide bonds. The van der Waals surface area contributed by atoms with Crippen molar-refractivity contribution in [3.05, 3.63) is 30.3 Å². The molecule has 1 aromatic carbocycles. The van der Waals surface area contributed by atoms with Gasteiger partial charge in [0.05, 0.1) is 0 Å². The molecule has 0 aliphatic rings. The fourth-order valence-corrected chi connectivity index (χ4v) is 1.42. The maximum Gasteiger partial charge on any atom is 0.405 e. The summed E-state index contributed by atoms with van der Waals surface area (Å²) in [7, 11) is 0. The van der Waals surface area contributed by atoms with Gasteiger partial charge in [0.15, 0.2) is 0 Å². The molecule has 0 aliphatic heterocycles. The van der Waals surface area contributed by atoms with Crippen molar-refractivity contribution in [2.24, 2.45) is 0 Å². The van der Waals surface area contributed by atoms with Gasteiger partial charge < -0.3 is 10.0 Å². The minimum atomic E-state index is -4.23. The molecule has 5 heteroatoms. The molecular formula is C11H14F3NO. The first kappa shape index (κ1) is 12.8. The Morgan fingerprint density at radius 2 is 1.75 bits per heavy atom. The maximum absolute atomic E-state index is 12.3. The fraction of sp³-hybridized carbons (Fsp3) is 0.455. The molecule has 90 valence electrons. The number of hydrogen-bond acceptors (Lipinski definition) is 2. The molecule has 0 heterocycles. The van der Waals surface area contributed by atoms with Crippen LogP contribution in [0.25, 0.3) is 0 Å². The molecule has 2 nitrogen and oxygen atoms in total. The first-order chi connectivity index (χ1) is 7.53. The zero-order valence-corrected chi connectivity index (χ0v) is 8.74. The van der Waals surface area contributed by atoms with E-state index in [2.05, 4.69) is 0 Å². The van der Waals surface area contributed by atoms with Crippen LogP contribution in [-0.2, 0) is 0 Å². The van der Waals surface area contributed by atoms with Crippen LogP contribution in [0.2, 0.25) is 0 Å². The molecule has 0 bridgehead atoms. The Balaban J connectivity index is 2.71. The van der Waals surface area contributed by atoms with E-state index in [1.165, 1.54) is 4.90 Å². The summed E-state index contributed by atoms with van der Waals surface area (Å²) < 4.78 is 36.9. The number of benzene rings is 1. The van der Waals surface area contributed by atoms with E-state index in [-0.39, 0.29) is 13.2 Å². The number of aliphatic hydroxyl groups excluding tert-OH is 1. The Kier molecular flexibility index (Phi) is 4.61. The second-order valence-electron chi connectivity index (χ2n) is 3.45. The standard InChI is InChI=1S/C11H14F3NO/c12-11(13,14)9-15(7-4-8-16)10-5-2-1-3-6-10/h1-3,5-6,16H,4,7-9H2. The molecule has 0 saturated carbocycles. The van der Waals surface area contributed by atoms with Gasteiger partial charge in [-0.15, -0.1) is 0 Å². The zero-order chi connectivity index (χ0) is 12.0. The lowest BCUT2D eigenvalue weighted by Gasteiger charge is -2.25. The summed E-state index contributed by atoms with van der Waals surface area (Å²) in [6.45, 7) is -0.905. The largest absolute Gasteiger partial charge is 0.405 e. The van der Waals surface area contributed by atoms with Gasteiger partial charge in [-0.05, 0) is 18.6 Å². The molecular weight excluding hydrogens is 219 g/mol. The molecule has 1 N–H and O–H groups in total. The number of rotatable bonds is 5. The predicted molar refractivity (Wildman–Crippen MR) is 56.4 cm³/mol. The molecule has 0 fully saturated rings. The Hall–Kier alpha value is -1.23. The summed E-state index contributed by atoms with van der Waals surface area (Å²) >= 11 is 0. The van der Waals surface area contributed by atoms with E-state index in [0.717, 1.165) is 0 Å². The molecule has 1 rings (SSSR count). The molecule has 0 unspecified atom stereocenters. The van der Waals surface area contributed by atoms with Crippen LogP contribution in [-0.4, -0.2) is 31.0 Å². The van der Waals surface area contributed by atoms with Crippen molar-refractivity contribution in [3.8, 4) is 0 Å². The molecule has 0 radical (unpaired) electrons. The van der Waals surface area contributed by atoms with Crippen molar-refractivity contribution in [3.63, 3.8) is 0 Å². The Bertz CT molecular complexity index is 300. The van der Waals surface area contributed by atoms with Crippen LogP contribution in [0.3, 0.4) is 0 Å². The van der Waals surface area contributed by atoms with Gasteiger partial charge in [-0.2, -0.15) is 13.2 Å². The van der Waals surface area contributed by atoms with E-state index in [9.17, 15) is 13.2 Å². The summed E-state index contributed by atoms with van der Waals surface area (Å²) in [5.74, 6) is 0. The van der Waals surface area contributed by atoms with Crippen molar-refractivity contribution in [2.75, 3.05) is 24.6 Å². The number of para-hydroxylation sites is 1. The van der Waals surface area contributed by atoms with Crippen molar-refractivity contribution in [2.45, 2.75) is 12.6 Å². The summed E-state index contributed by atoms with van der Waals surface area (Å²) in [6, 6.07) is 8.39. The molecule has 0 atom stereocenters. The summed E-state index contributed by atoms with van der Waals surface area (Å²) in [5, 5.41) is 8.65. The lowest BCUT2D eigenvalue weighted by molar-refractivity contribution is -0.119. The third kappa shape index (κ3) is 4.53. The minimum Gasteiger partial charge on any atom is -0.396 e. The molecule has 1 aromatic rings. The Labute approximate surface area is 92.3 Å². The highest BCUT2D eigenvalue weighted by atomic mass is 19.4. The second kappa shape index (κ2) is 5.75. The van der Waals surface area contributed by atoms with Crippen LogP contribution in [0.1, 0.15) is 6.42 Å². The predicted octanol–water partition coefficient (Wildman–Crippen LogP) is 2.44. The smallest absolute Gasteiger partial charge is 0.396 e. The van der Waals surface area contributed by atoms with E-state index >= 15 is 0 Å². The average molecular weight is 233 g/mol. The number of alkyl halides is 3. The quantitative estimate of drug-likeness (QED) is 0.844. The summed E-state index contributed by atoms with van der Waals surface area (Å²) in [6.07, 6.45) is -3.91. The first-order valence-electron chi connectivity index (χ1n) is 5.00. The normalized spacial score (nSPS) is 11.5. The monoisotopic (exact) mass is 233 g/mol. The van der Waals surface area contributed by atoms with Crippen LogP contribution in [0, 0.1) is 0 Å². The van der Waals surface area contributed by atoms with E-state index in [1.54, 1.807) is 30.3 Å². The Morgan fingerprint density at radius 3 is 2.25 bits per heavy atom. The lowest BCUT2D eigenvalue weighted by Crippen LogP contribution is -2.35. The Morgan fingerprint density at radius 1 is 1.12 bits per heavy atom. The highest BCUT2D eigenvalue weighted by Gasteiger charge is 2.30. The molecule has 0 saturated heterocycles. The maximum atomic E-state index is 12.3. The number of halogens is 3. The lowest BCUT2D eigenvalue weighted by atomic mass is 10.2. The molecule has 0 aliphatic carbocycles. The van der Waals surface area contributed by atoms with Crippen LogP contribution in [0.15, 0.2) is 30.3 Å². The second-order valence-corrected chi connectivity index (χ2v) is 3.45. The summed E-state index contributed by atoms with van der Waals surface area (Å²) in [5.41, 5.74) is 0.522. The number of anilines is 1. The fourth-order valence-electron chi connectivity index (χ4n) is 1.42. The first-order valence-corrected chi connectivity index (χ1v) is 5.00. The van der Waals surface area contributed by atoms with E-state index in [1.807, 2.05) is 0 Å². The molecule has 0 spiro atoms. The minimum absolute atomic E-state index is 0.110. The van der Waals surface area contributed by atoms with E-state index in [0.29, 0.717) is 12.1 Å². The zero-order valence-electron chi connectivity index (χ0n) is 8.74. The number of hydrogen-bond donors (Lipinski definition) is 1. The van der Waals surface area contributed by atoms with Crippen LogP contribution in [0.5, 0.6) is 0 Å². The van der Waals surface area contributed by atoms with Gasteiger partial charge in [0.2, 0.25) is 0 Å². The summed E-state index contributed by atoms with van der Waals surface area (Å²) in [4.78, 5) is 1.22. The average Bonchev–Trinajstić information content (AvgIpc) is 2.24. The van der Waals surface area contributed by atoms with Gasteiger partial charge in [0.25, 0.3) is 0 Å². The highest BCUT2D eigenvalue weighted by Crippen LogP contribution is 2.21. The number of aliphatic hydroxyl groups is 1. The van der Waals surface area contributed by atoms with Crippen molar-refractivity contribution in [1.29, 1.82) is 0 Å². The van der Waals surface area contributed by atoms with Gasteiger partial charge in [0, 0.05) is 18.8 Å².